The number of hydrogen-bond acceptors (Lipinski definition) is 2. The largest absolute Gasteiger partial charge is 0.416 e. The van der Waals surface area contributed by atoms with E-state index in [1.807, 2.05) is 0 Å². The molecule has 0 spiro atoms. The molecule has 0 amide bonds. The smallest absolute Gasteiger partial charge is 0.314 e. The first-order valence-corrected chi connectivity index (χ1v) is 7.45. The first kappa shape index (κ1) is 25.5. The van der Waals surface area contributed by atoms with Gasteiger partial charge in [-0.15, -0.1) is 24.8 Å². The molecule has 1 saturated heterocycles. The number of piperazine rings is 1. The van der Waals surface area contributed by atoms with Gasteiger partial charge in [0.1, 0.15) is 5.82 Å². The van der Waals surface area contributed by atoms with Gasteiger partial charge in [0.25, 0.3) is 0 Å². The fraction of sp³-hybridized carbons (Fsp3) is 0.571. The van der Waals surface area contributed by atoms with E-state index in [0.29, 0.717) is 25.2 Å². The number of halogens is 10. The Morgan fingerprint density at radius 3 is 2.04 bits per heavy atom. The van der Waals surface area contributed by atoms with Crippen molar-refractivity contribution in [1.82, 2.24) is 10.2 Å². The van der Waals surface area contributed by atoms with Gasteiger partial charge >= 0.3 is 12.4 Å². The zero-order chi connectivity index (χ0) is 18.1. The van der Waals surface area contributed by atoms with Gasteiger partial charge < -0.3 is 5.32 Å². The lowest BCUT2D eigenvalue weighted by Gasteiger charge is -2.37. The van der Waals surface area contributed by atoms with Crippen LogP contribution in [0.4, 0.5) is 30.7 Å². The molecule has 1 aliphatic rings. The molecule has 152 valence electrons. The molecule has 1 heterocycles. The summed E-state index contributed by atoms with van der Waals surface area (Å²) < 4.78 is 92.7. The standard InChI is InChI=1S/C14H14ClF7N2.2ClH/c15-9-2-1-8(14(20,21)22)11(12(9)16)10(7-13(17,18)19)24-5-3-23-4-6-24;;/h1-2,10,23H,3-7H2;2*1H/t10-;;/m0../s1. The number of nitrogens with one attached hydrogen (secondary N) is 1. The summed E-state index contributed by atoms with van der Waals surface area (Å²) in [7, 11) is 0. The minimum Gasteiger partial charge on any atom is -0.314 e. The summed E-state index contributed by atoms with van der Waals surface area (Å²) in [5, 5.41) is 2.25. The Balaban J connectivity index is 0.00000312. The fourth-order valence-corrected chi connectivity index (χ4v) is 2.93. The summed E-state index contributed by atoms with van der Waals surface area (Å²) in [5.41, 5.74) is -2.48. The molecular weight excluding hydrogens is 436 g/mol. The van der Waals surface area contributed by atoms with E-state index in [1.165, 1.54) is 4.90 Å². The zero-order valence-corrected chi connectivity index (χ0v) is 15.4. The highest BCUT2D eigenvalue weighted by Crippen LogP contribution is 2.43. The molecule has 0 saturated carbocycles. The second kappa shape index (κ2) is 9.64. The molecule has 1 aromatic carbocycles. The molecule has 1 aromatic rings. The lowest BCUT2D eigenvalue weighted by molar-refractivity contribution is -0.153. The zero-order valence-electron chi connectivity index (χ0n) is 13.1. The average Bonchev–Trinajstić information content (AvgIpc) is 2.46. The van der Waals surface area contributed by atoms with Crippen LogP contribution in [0.15, 0.2) is 12.1 Å². The minimum atomic E-state index is -4.99. The van der Waals surface area contributed by atoms with Crippen LogP contribution in [0.2, 0.25) is 5.02 Å². The average molecular weight is 452 g/mol. The van der Waals surface area contributed by atoms with Gasteiger partial charge in [-0.3, -0.25) is 4.90 Å². The van der Waals surface area contributed by atoms with Crippen molar-refractivity contribution in [2.24, 2.45) is 0 Å². The maximum Gasteiger partial charge on any atom is 0.416 e. The van der Waals surface area contributed by atoms with E-state index in [0.717, 1.165) is 0 Å². The van der Waals surface area contributed by atoms with Crippen LogP contribution in [0, 0.1) is 5.82 Å². The van der Waals surface area contributed by atoms with Crippen LogP contribution in [0.25, 0.3) is 0 Å². The fourth-order valence-electron chi connectivity index (χ4n) is 2.77. The van der Waals surface area contributed by atoms with Crippen molar-refractivity contribution in [3.63, 3.8) is 0 Å². The second-order valence-electron chi connectivity index (χ2n) is 5.44. The van der Waals surface area contributed by atoms with Crippen molar-refractivity contribution >= 4 is 36.4 Å². The normalized spacial score (nSPS) is 17.2. The molecule has 12 heteroatoms. The third-order valence-corrected chi connectivity index (χ3v) is 4.08. The van der Waals surface area contributed by atoms with Crippen LogP contribution in [-0.2, 0) is 6.18 Å². The molecule has 1 aliphatic heterocycles. The molecule has 0 aromatic heterocycles. The van der Waals surface area contributed by atoms with E-state index in [9.17, 15) is 30.7 Å². The SMILES string of the molecule is Cl.Cl.Fc1c(Cl)ccc(C(F)(F)F)c1[C@H](CC(F)(F)F)N1CCNCC1. The van der Waals surface area contributed by atoms with Crippen LogP contribution in [0.1, 0.15) is 23.6 Å². The summed E-state index contributed by atoms with van der Waals surface area (Å²) >= 11 is 5.54. The van der Waals surface area contributed by atoms with Crippen molar-refractivity contribution in [2.75, 3.05) is 26.2 Å². The molecular formula is C14H16Cl3F7N2. The molecule has 1 fully saturated rings. The third kappa shape index (κ3) is 6.30. The van der Waals surface area contributed by atoms with E-state index in [1.54, 1.807) is 0 Å². The summed E-state index contributed by atoms with van der Waals surface area (Å²) in [6.07, 6.45) is -11.3. The summed E-state index contributed by atoms with van der Waals surface area (Å²) in [6.45, 7) is 0.754. The van der Waals surface area contributed by atoms with Gasteiger partial charge in [0.05, 0.1) is 17.0 Å². The van der Waals surface area contributed by atoms with Gasteiger partial charge in [0.15, 0.2) is 0 Å². The molecule has 0 aliphatic carbocycles. The molecule has 2 rings (SSSR count). The van der Waals surface area contributed by atoms with Gasteiger partial charge in [0.2, 0.25) is 0 Å². The Labute approximate surface area is 162 Å². The van der Waals surface area contributed by atoms with Gasteiger partial charge in [-0.25, -0.2) is 4.39 Å². The monoisotopic (exact) mass is 450 g/mol. The van der Waals surface area contributed by atoms with E-state index >= 15 is 0 Å². The number of nitrogens with zero attached hydrogens (tertiary/aromatic N) is 1. The minimum absolute atomic E-state index is 0. The molecule has 0 radical (unpaired) electrons. The summed E-state index contributed by atoms with van der Waals surface area (Å²) in [6, 6.07) is -0.569. The highest BCUT2D eigenvalue weighted by molar-refractivity contribution is 6.30. The van der Waals surface area contributed by atoms with Gasteiger partial charge in [0, 0.05) is 37.8 Å². The van der Waals surface area contributed by atoms with Crippen molar-refractivity contribution in [3.05, 3.63) is 34.1 Å². The van der Waals surface area contributed by atoms with E-state index in [2.05, 4.69) is 5.32 Å². The van der Waals surface area contributed by atoms with Crippen LogP contribution in [0.5, 0.6) is 0 Å². The van der Waals surface area contributed by atoms with Crippen molar-refractivity contribution < 1.29 is 30.7 Å². The molecule has 0 unspecified atom stereocenters. The first-order valence-electron chi connectivity index (χ1n) is 7.07. The first-order chi connectivity index (χ1) is 11.0. The summed E-state index contributed by atoms with van der Waals surface area (Å²) in [4.78, 5) is 1.20. The highest BCUT2D eigenvalue weighted by Gasteiger charge is 2.43. The van der Waals surface area contributed by atoms with Gasteiger partial charge in [-0.1, -0.05) is 11.6 Å². The predicted octanol–water partition coefficient (Wildman–Crippen LogP) is 5.24. The number of hydrogen-bond donors (Lipinski definition) is 1. The van der Waals surface area contributed by atoms with Crippen molar-refractivity contribution in [3.8, 4) is 0 Å². The third-order valence-electron chi connectivity index (χ3n) is 3.79. The molecule has 0 bridgehead atoms. The maximum atomic E-state index is 14.3. The number of benzene rings is 1. The van der Waals surface area contributed by atoms with Crippen LogP contribution < -0.4 is 5.32 Å². The Hall–Kier alpha value is -0.480. The lowest BCUT2D eigenvalue weighted by Crippen LogP contribution is -2.46. The predicted molar refractivity (Wildman–Crippen MR) is 88.8 cm³/mol. The number of alkyl halides is 6. The molecule has 2 nitrogen and oxygen atoms in total. The Morgan fingerprint density at radius 2 is 1.58 bits per heavy atom. The Morgan fingerprint density at radius 1 is 1.04 bits per heavy atom. The van der Waals surface area contributed by atoms with Crippen LogP contribution >= 0.6 is 36.4 Å². The van der Waals surface area contributed by atoms with Crippen LogP contribution in [-0.4, -0.2) is 37.3 Å². The van der Waals surface area contributed by atoms with E-state index in [4.69, 9.17) is 11.6 Å². The summed E-state index contributed by atoms with van der Waals surface area (Å²) in [5.74, 6) is -1.46. The highest BCUT2D eigenvalue weighted by atomic mass is 35.5. The quantitative estimate of drug-likeness (QED) is 0.632. The molecule has 1 N–H and O–H groups in total. The lowest BCUT2D eigenvalue weighted by atomic mass is 9.94. The Bertz CT molecular complexity index is 587. The van der Waals surface area contributed by atoms with E-state index in [-0.39, 0.29) is 37.9 Å². The maximum absolute atomic E-state index is 14.3. The van der Waals surface area contributed by atoms with Crippen molar-refractivity contribution in [2.45, 2.75) is 24.8 Å². The van der Waals surface area contributed by atoms with Crippen molar-refractivity contribution in [1.29, 1.82) is 0 Å². The topological polar surface area (TPSA) is 15.3 Å². The van der Waals surface area contributed by atoms with Gasteiger partial charge in [-0.05, 0) is 12.1 Å². The second-order valence-corrected chi connectivity index (χ2v) is 5.85. The van der Waals surface area contributed by atoms with E-state index < -0.39 is 46.8 Å². The Kier molecular flexibility index (Phi) is 9.46. The van der Waals surface area contributed by atoms with Gasteiger partial charge in [-0.2, -0.15) is 26.3 Å². The van der Waals surface area contributed by atoms with Crippen LogP contribution in [0.3, 0.4) is 0 Å². The molecule has 26 heavy (non-hydrogen) atoms. The number of rotatable bonds is 3. The molecule has 1 atom stereocenters.